The van der Waals surface area contributed by atoms with E-state index >= 15 is 0 Å². The van der Waals surface area contributed by atoms with Crippen molar-refractivity contribution in [1.82, 2.24) is 0 Å². The Morgan fingerprint density at radius 3 is 1.91 bits per heavy atom. The van der Waals surface area contributed by atoms with Crippen LogP contribution in [0, 0.1) is 5.41 Å². The Kier molecular flexibility index (Phi) is 7.57. The first-order valence-electron chi connectivity index (χ1n) is 10.8. The fraction of sp³-hybridized carbons (Fsp3) is 0.192. The monoisotopic (exact) mass is 492 g/mol. The molecule has 0 unspecified atom stereocenters. The number of hydrogen-bond acceptors (Lipinski definition) is 7. The van der Waals surface area contributed by atoms with E-state index in [0.717, 1.165) is 4.90 Å². The number of carbonyl (C=O) groups excluding carboxylic acids is 3. The third-order valence-electron chi connectivity index (χ3n) is 5.42. The molecular formula is C26H24N2O6S. The van der Waals surface area contributed by atoms with Gasteiger partial charge in [0, 0.05) is 16.3 Å². The summed E-state index contributed by atoms with van der Waals surface area (Å²) in [6.45, 7) is -0.801. The number of anilines is 2. The summed E-state index contributed by atoms with van der Waals surface area (Å²) in [5.41, 5.74) is 0.0592. The molecule has 2 N–H and O–H groups in total. The molecule has 4 rings (SSSR count). The third kappa shape index (κ3) is 5.75. The van der Waals surface area contributed by atoms with Crippen molar-refractivity contribution in [3.05, 3.63) is 84.4 Å². The number of nitrogens with one attached hydrogen (secondary N) is 2. The van der Waals surface area contributed by atoms with Gasteiger partial charge in [0.05, 0.1) is 5.56 Å². The van der Waals surface area contributed by atoms with E-state index in [1.54, 1.807) is 60.7 Å². The number of Topliss-reactive ketones (excluding diaryl/α,β-unsaturated/α-hetero) is 1. The van der Waals surface area contributed by atoms with Crippen molar-refractivity contribution >= 4 is 41.1 Å². The maximum absolute atomic E-state index is 13.7. The number of carbonyl (C=O) groups is 3. The van der Waals surface area contributed by atoms with Gasteiger partial charge in [-0.25, -0.2) is 9.59 Å². The summed E-state index contributed by atoms with van der Waals surface area (Å²) in [5.74, 6) is 0.128. The molecule has 0 aromatic heterocycles. The molecule has 0 aliphatic carbocycles. The molecule has 0 bridgehead atoms. The number of benzene rings is 3. The predicted octanol–water partition coefficient (Wildman–Crippen LogP) is 5.47. The SMILES string of the molecule is CSc1cccc2c1C(=O)C(COC(=O)Nc1ccccc1)(COC(=O)Nc1ccccc1)CO2. The molecular weight excluding hydrogens is 468 g/mol. The third-order valence-corrected chi connectivity index (χ3v) is 6.20. The van der Waals surface area contributed by atoms with Crippen LogP contribution in [0.15, 0.2) is 83.8 Å². The summed E-state index contributed by atoms with van der Waals surface area (Å²) >= 11 is 1.40. The Hall–Kier alpha value is -3.98. The lowest BCUT2D eigenvalue weighted by molar-refractivity contribution is 0.00344. The van der Waals surface area contributed by atoms with Gasteiger partial charge in [0.15, 0.2) is 5.78 Å². The van der Waals surface area contributed by atoms with E-state index in [-0.39, 0.29) is 25.6 Å². The van der Waals surface area contributed by atoms with Gasteiger partial charge in [-0.2, -0.15) is 0 Å². The smallest absolute Gasteiger partial charge is 0.411 e. The minimum absolute atomic E-state index is 0.117. The molecule has 0 fully saturated rings. The summed E-state index contributed by atoms with van der Waals surface area (Å²) in [6.07, 6.45) is 0.384. The quantitative estimate of drug-likeness (QED) is 0.422. The van der Waals surface area contributed by atoms with E-state index in [2.05, 4.69) is 10.6 Å². The predicted molar refractivity (Wildman–Crippen MR) is 133 cm³/mol. The summed E-state index contributed by atoms with van der Waals surface area (Å²) in [6, 6.07) is 22.9. The van der Waals surface area contributed by atoms with E-state index in [1.165, 1.54) is 11.8 Å². The topological polar surface area (TPSA) is 103 Å². The first-order valence-corrected chi connectivity index (χ1v) is 12.1. The highest BCUT2D eigenvalue weighted by atomic mass is 32.2. The van der Waals surface area contributed by atoms with Crippen LogP contribution in [0.1, 0.15) is 10.4 Å². The Balaban J connectivity index is 1.52. The van der Waals surface area contributed by atoms with E-state index in [9.17, 15) is 14.4 Å². The van der Waals surface area contributed by atoms with Crippen LogP contribution in [0.3, 0.4) is 0 Å². The van der Waals surface area contributed by atoms with E-state index in [0.29, 0.717) is 22.7 Å². The van der Waals surface area contributed by atoms with Gasteiger partial charge in [0.25, 0.3) is 0 Å². The highest BCUT2D eigenvalue weighted by Crippen LogP contribution is 2.40. The van der Waals surface area contributed by atoms with Crippen LogP contribution in [-0.4, -0.2) is 44.0 Å². The van der Waals surface area contributed by atoms with Gasteiger partial charge in [-0.1, -0.05) is 42.5 Å². The molecule has 180 valence electrons. The average Bonchev–Trinajstić information content (AvgIpc) is 2.89. The number of amides is 2. The minimum Gasteiger partial charge on any atom is -0.491 e. The van der Waals surface area contributed by atoms with E-state index < -0.39 is 17.6 Å². The number of para-hydroxylation sites is 2. The van der Waals surface area contributed by atoms with Gasteiger partial charge in [-0.15, -0.1) is 11.8 Å². The summed E-state index contributed by atoms with van der Waals surface area (Å²) in [4.78, 5) is 39.3. The van der Waals surface area contributed by atoms with Crippen molar-refractivity contribution < 1.29 is 28.6 Å². The molecule has 0 saturated heterocycles. The Morgan fingerprint density at radius 1 is 0.857 bits per heavy atom. The summed E-state index contributed by atoms with van der Waals surface area (Å²) in [7, 11) is 0. The van der Waals surface area contributed by atoms with Crippen LogP contribution in [0.4, 0.5) is 21.0 Å². The van der Waals surface area contributed by atoms with Gasteiger partial charge < -0.3 is 14.2 Å². The maximum Gasteiger partial charge on any atom is 0.411 e. The van der Waals surface area contributed by atoms with Crippen molar-refractivity contribution in [1.29, 1.82) is 0 Å². The molecule has 1 aliphatic heterocycles. The molecule has 9 heteroatoms. The normalized spacial score (nSPS) is 13.7. The maximum atomic E-state index is 13.7. The molecule has 0 radical (unpaired) electrons. The molecule has 0 spiro atoms. The Bertz CT molecular complexity index is 1130. The molecule has 8 nitrogen and oxygen atoms in total. The highest BCUT2D eigenvalue weighted by molar-refractivity contribution is 7.98. The number of hydrogen-bond donors (Lipinski definition) is 2. The van der Waals surface area contributed by atoms with Crippen LogP contribution in [0.2, 0.25) is 0 Å². The van der Waals surface area contributed by atoms with Crippen LogP contribution in [0.5, 0.6) is 5.75 Å². The molecule has 35 heavy (non-hydrogen) atoms. The molecule has 3 aromatic carbocycles. The zero-order valence-corrected chi connectivity index (χ0v) is 19.8. The zero-order chi connectivity index (χ0) is 24.7. The molecule has 2 amide bonds. The van der Waals surface area contributed by atoms with Crippen molar-refractivity contribution in [3.63, 3.8) is 0 Å². The van der Waals surface area contributed by atoms with Gasteiger partial charge in [0.2, 0.25) is 0 Å². The average molecular weight is 493 g/mol. The zero-order valence-electron chi connectivity index (χ0n) is 19.0. The van der Waals surface area contributed by atoms with Crippen LogP contribution < -0.4 is 15.4 Å². The van der Waals surface area contributed by atoms with Crippen molar-refractivity contribution in [2.75, 3.05) is 36.7 Å². The Labute approximate surface area is 207 Å². The number of ketones is 1. The lowest BCUT2D eigenvalue weighted by Crippen LogP contribution is -2.49. The molecule has 0 saturated carbocycles. The van der Waals surface area contributed by atoms with Gasteiger partial charge in [0.1, 0.15) is 31.0 Å². The van der Waals surface area contributed by atoms with Crippen LogP contribution >= 0.6 is 11.8 Å². The highest BCUT2D eigenvalue weighted by Gasteiger charge is 2.48. The second kappa shape index (κ2) is 11.0. The van der Waals surface area contributed by atoms with Crippen molar-refractivity contribution in [2.24, 2.45) is 5.41 Å². The molecule has 3 aromatic rings. The number of ether oxygens (including phenoxy) is 3. The second-order valence-electron chi connectivity index (χ2n) is 7.87. The van der Waals surface area contributed by atoms with Crippen molar-refractivity contribution in [2.45, 2.75) is 4.90 Å². The molecule has 1 aliphatic rings. The van der Waals surface area contributed by atoms with E-state index in [4.69, 9.17) is 14.2 Å². The summed E-state index contributed by atoms with van der Waals surface area (Å²) < 4.78 is 16.8. The fourth-order valence-corrected chi connectivity index (χ4v) is 4.20. The first kappa shape index (κ1) is 24.2. The fourth-order valence-electron chi connectivity index (χ4n) is 3.59. The van der Waals surface area contributed by atoms with Crippen LogP contribution in [-0.2, 0) is 9.47 Å². The summed E-state index contributed by atoms with van der Waals surface area (Å²) in [5, 5.41) is 5.23. The van der Waals surface area contributed by atoms with Gasteiger partial charge in [-0.05, 0) is 42.7 Å². The van der Waals surface area contributed by atoms with Gasteiger partial charge in [-0.3, -0.25) is 15.4 Å². The Morgan fingerprint density at radius 2 is 1.40 bits per heavy atom. The molecule has 0 atom stereocenters. The van der Waals surface area contributed by atoms with E-state index in [1.807, 2.05) is 24.5 Å². The van der Waals surface area contributed by atoms with Gasteiger partial charge >= 0.3 is 12.2 Å². The number of thioether (sulfide) groups is 1. The molecule has 1 heterocycles. The van der Waals surface area contributed by atoms with Crippen LogP contribution in [0.25, 0.3) is 0 Å². The largest absolute Gasteiger partial charge is 0.491 e. The number of fused-ring (bicyclic) bond motifs is 1. The minimum atomic E-state index is -1.42. The lowest BCUT2D eigenvalue weighted by atomic mass is 9.80. The lowest BCUT2D eigenvalue weighted by Gasteiger charge is -2.35. The number of rotatable bonds is 7. The standard InChI is InChI=1S/C26H24N2O6S/c1-35-21-14-8-13-20-22(21)23(29)26(15-32-20,16-33-24(30)27-18-9-4-2-5-10-18)17-34-25(31)28-19-11-6-3-7-12-19/h2-14H,15-17H2,1H3,(H,27,30)(H,28,31). The van der Waals surface area contributed by atoms with Crippen molar-refractivity contribution in [3.8, 4) is 5.75 Å². The first-order chi connectivity index (χ1) is 17.0. The second-order valence-corrected chi connectivity index (χ2v) is 8.71.